The fraction of sp³-hybridized carbons (Fsp3) is 0.353. The molecule has 0 aliphatic carbocycles. The van der Waals surface area contributed by atoms with Gasteiger partial charge in [0.15, 0.2) is 0 Å². The van der Waals surface area contributed by atoms with Crippen LogP contribution in [0.3, 0.4) is 0 Å². The Balaban J connectivity index is 1.92. The van der Waals surface area contributed by atoms with Crippen molar-refractivity contribution in [1.29, 1.82) is 0 Å². The largest absolute Gasteiger partial charge is 0.334 e. The maximum atomic E-state index is 12.5. The Kier molecular flexibility index (Phi) is 7.44. The molecule has 0 spiro atoms. The lowest BCUT2D eigenvalue weighted by Crippen LogP contribution is -2.48. The van der Waals surface area contributed by atoms with Crippen molar-refractivity contribution in [2.45, 2.75) is 18.9 Å². The van der Waals surface area contributed by atoms with E-state index in [1.807, 2.05) is 0 Å². The quantitative estimate of drug-likeness (QED) is 0.641. The normalized spacial score (nSPS) is 16.8. The third kappa shape index (κ3) is 6.01. The van der Waals surface area contributed by atoms with Gasteiger partial charge >= 0.3 is 6.03 Å². The van der Waals surface area contributed by atoms with Gasteiger partial charge < -0.3 is 10.6 Å². The summed E-state index contributed by atoms with van der Waals surface area (Å²) in [6.07, 6.45) is 2.91. The molecule has 1 heterocycles. The molecule has 26 heavy (non-hydrogen) atoms. The molecule has 0 aromatic heterocycles. The van der Waals surface area contributed by atoms with E-state index in [0.717, 1.165) is 6.42 Å². The van der Waals surface area contributed by atoms with Crippen molar-refractivity contribution in [3.8, 4) is 0 Å². The maximum Gasteiger partial charge on any atom is 0.321 e. The number of carbonyl (C=O) groups excluding carboxylic acids is 3. The zero-order valence-electron chi connectivity index (χ0n) is 14.1. The second kappa shape index (κ2) is 9.56. The Morgan fingerprint density at radius 3 is 2.58 bits per heavy atom. The first-order valence-corrected chi connectivity index (χ1v) is 8.84. The Labute approximate surface area is 161 Å². The Morgan fingerprint density at radius 1 is 1.23 bits per heavy atom. The van der Waals surface area contributed by atoms with E-state index in [2.05, 4.69) is 22.5 Å². The summed E-state index contributed by atoms with van der Waals surface area (Å²) in [6.45, 7) is 4.28. The van der Waals surface area contributed by atoms with Crippen LogP contribution in [-0.4, -0.2) is 48.4 Å². The summed E-state index contributed by atoms with van der Waals surface area (Å²) in [4.78, 5) is 37.7. The van der Waals surface area contributed by atoms with E-state index in [-0.39, 0.29) is 19.0 Å². The summed E-state index contributed by atoms with van der Waals surface area (Å²) in [7, 11) is 0. The molecule has 2 rings (SSSR count). The highest BCUT2D eigenvalue weighted by Gasteiger charge is 2.32. The highest BCUT2D eigenvalue weighted by atomic mass is 35.5. The number of rotatable bonds is 6. The van der Waals surface area contributed by atoms with Crippen LogP contribution in [0.1, 0.15) is 12.8 Å². The molecule has 1 aromatic carbocycles. The molecule has 3 N–H and O–H groups in total. The van der Waals surface area contributed by atoms with Crippen LogP contribution in [-0.2, 0) is 9.59 Å². The number of likely N-dealkylation sites (tertiary alicyclic amines) is 1. The third-order valence-electron chi connectivity index (χ3n) is 3.80. The van der Waals surface area contributed by atoms with Crippen molar-refractivity contribution in [3.05, 3.63) is 40.9 Å². The predicted molar refractivity (Wildman–Crippen MR) is 101 cm³/mol. The minimum atomic E-state index is -0.594. The topological polar surface area (TPSA) is 90.5 Å². The molecular weight excluding hydrogens is 379 g/mol. The number of urea groups is 1. The number of nitrogens with one attached hydrogen (secondary N) is 3. The van der Waals surface area contributed by atoms with Gasteiger partial charge in [0, 0.05) is 22.3 Å². The van der Waals surface area contributed by atoms with Crippen molar-refractivity contribution in [3.63, 3.8) is 0 Å². The lowest BCUT2D eigenvalue weighted by Gasteiger charge is -2.23. The van der Waals surface area contributed by atoms with Crippen LogP contribution in [0.5, 0.6) is 0 Å². The first-order chi connectivity index (χ1) is 12.4. The van der Waals surface area contributed by atoms with Gasteiger partial charge in [-0.05, 0) is 37.6 Å². The average Bonchev–Trinajstić information content (AvgIpc) is 2.99. The van der Waals surface area contributed by atoms with E-state index in [4.69, 9.17) is 23.2 Å². The van der Waals surface area contributed by atoms with Gasteiger partial charge in [0.05, 0.1) is 12.6 Å². The SMILES string of the molecule is C=CCNC(=O)NC(=O)CN1CCC[C@H]1C(=O)Nc1cc(Cl)cc(Cl)c1. The standard InChI is InChI=1S/C17H20Cl2N4O3/c1-2-5-20-17(26)22-15(24)10-23-6-3-4-14(23)16(25)21-13-8-11(18)7-12(19)9-13/h2,7-9,14H,1,3-6,10H2,(H,21,25)(H2,20,22,24,26)/t14-/m0/s1. The van der Waals surface area contributed by atoms with Crippen molar-refractivity contribution in [1.82, 2.24) is 15.5 Å². The number of amides is 4. The lowest BCUT2D eigenvalue weighted by molar-refractivity contribution is -0.124. The third-order valence-corrected chi connectivity index (χ3v) is 4.24. The molecule has 1 saturated heterocycles. The summed E-state index contributed by atoms with van der Waals surface area (Å²) >= 11 is 11.9. The van der Waals surface area contributed by atoms with Gasteiger partial charge in [-0.3, -0.25) is 19.8 Å². The van der Waals surface area contributed by atoms with Crippen molar-refractivity contribution >= 4 is 46.7 Å². The summed E-state index contributed by atoms with van der Waals surface area (Å²) in [5.74, 6) is -0.721. The molecule has 0 bridgehead atoms. The zero-order chi connectivity index (χ0) is 19.1. The summed E-state index contributed by atoms with van der Waals surface area (Å²) in [5.41, 5.74) is 0.493. The van der Waals surface area contributed by atoms with Gasteiger partial charge in [0.2, 0.25) is 11.8 Å². The number of halogens is 2. The van der Waals surface area contributed by atoms with E-state index >= 15 is 0 Å². The zero-order valence-corrected chi connectivity index (χ0v) is 15.6. The molecule has 1 aliphatic rings. The highest BCUT2D eigenvalue weighted by Crippen LogP contribution is 2.24. The number of carbonyl (C=O) groups is 3. The van der Waals surface area contributed by atoms with Crippen LogP contribution in [0.4, 0.5) is 10.5 Å². The Bertz CT molecular complexity index is 691. The minimum absolute atomic E-state index is 0.0457. The van der Waals surface area contributed by atoms with Crippen molar-refractivity contribution in [2.24, 2.45) is 0 Å². The van der Waals surface area contributed by atoms with Crippen LogP contribution in [0.2, 0.25) is 10.0 Å². The summed E-state index contributed by atoms with van der Waals surface area (Å²) in [5, 5.41) is 8.28. The highest BCUT2D eigenvalue weighted by molar-refractivity contribution is 6.35. The Morgan fingerprint density at radius 2 is 1.92 bits per heavy atom. The molecule has 9 heteroatoms. The molecule has 0 saturated carbocycles. The average molecular weight is 399 g/mol. The van der Waals surface area contributed by atoms with Crippen LogP contribution < -0.4 is 16.0 Å². The number of benzene rings is 1. The number of imide groups is 1. The smallest absolute Gasteiger partial charge is 0.321 e. The molecule has 4 amide bonds. The Hall–Kier alpha value is -2.09. The van der Waals surface area contributed by atoms with E-state index in [0.29, 0.717) is 28.7 Å². The number of anilines is 1. The molecule has 7 nitrogen and oxygen atoms in total. The van der Waals surface area contributed by atoms with Crippen LogP contribution in [0.25, 0.3) is 0 Å². The first kappa shape index (κ1) is 20.2. The van der Waals surface area contributed by atoms with Gasteiger partial charge in [-0.1, -0.05) is 29.3 Å². The van der Waals surface area contributed by atoms with Crippen LogP contribution >= 0.6 is 23.2 Å². The van der Waals surface area contributed by atoms with Gasteiger partial charge in [0.1, 0.15) is 0 Å². The molecule has 0 unspecified atom stereocenters. The maximum absolute atomic E-state index is 12.5. The molecule has 1 fully saturated rings. The number of hydrogen-bond donors (Lipinski definition) is 3. The van der Waals surface area contributed by atoms with Crippen LogP contribution in [0, 0.1) is 0 Å². The van der Waals surface area contributed by atoms with E-state index < -0.39 is 18.0 Å². The second-order valence-corrected chi connectivity index (χ2v) is 6.70. The van der Waals surface area contributed by atoms with Gasteiger partial charge in [-0.2, -0.15) is 0 Å². The monoisotopic (exact) mass is 398 g/mol. The molecule has 1 aromatic rings. The molecular formula is C17H20Cl2N4O3. The number of hydrogen-bond acceptors (Lipinski definition) is 4. The van der Waals surface area contributed by atoms with Gasteiger partial charge in [-0.15, -0.1) is 6.58 Å². The number of nitrogens with zero attached hydrogens (tertiary/aromatic N) is 1. The lowest BCUT2D eigenvalue weighted by atomic mass is 10.2. The molecule has 1 aliphatic heterocycles. The van der Waals surface area contributed by atoms with E-state index in [1.165, 1.54) is 6.08 Å². The first-order valence-electron chi connectivity index (χ1n) is 8.08. The van der Waals surface area contributed by atoms with Crippen LogP contribution in [0.15, 0.2) is 30.9 Å². The summed E-state index contributed by atoms with van der Waals surface area (Å²) in [6, 6.07) is 3.71. The minimum Gasteiger partial charge on any atom is -0.334 e. The molecule has 140 valence electrons. The fourth-order valence-electron chi connectivity index (χ4n) is 2.72. The summed E-state index contributed by atoms with van der Waals surface area (Å²) < 4.78 is 0. The van der Waals surface area contributed by atoms with Crippen molar-refractivity contribution in [2.75, 3.05) is 25.0 Å². The van der Waals surface area contributed by atoms with Gasteiger partial charge in [0.25, 0.3) is 0 Å². The molecule has 1 atom stereocenters. The fourth-order valence-corrected chi connectivity index (χ4v) is 3.25. The van der Waals surface area contributed by atoms with Gasteiger partial charge in [-0.25, -0.2) is 4.79 Å². The predicted octanol–water partition coefficient (Wildman–Crippen LogP) is 2.41. The van der Waals surface area contributed by atoms with E-state index in [1.54, 1.807) is 23.1 Å². The molecule has 0 radical (unpaired) electrons. The second-order valence-electron chi connectivity index (χ2n) is 5.82. The van der Waals surface area contributed by atoms with Crippen molar-refractivity contribution < 1.29 is 14.4 Å². The van der Waals surface area contributed by atoms with E-state index in [9.17, 15) is 14.4 Å².